The van der Waals surface area contributed by atoms with Gasteiger partial charge in [0.1, 0.15) is 13.2 Å². The third-order valence-corrected chi connectivity index (χ3v) is 7.13. The van der Waals surface area contributed by atoms with Crippen LogP contribution >= 0.6 is 0 Å². The van der Waals surface area contributed by atoms with Gasteiger partial charge in [-0.1, -0.05) is 90.9 Å². The molecule has 4 nitrogen and oxygen atoms in total. The number of nitrogens with zero attached hydrogens (tertiary/aromatic N) is 1. The lowest BCUT2D eigenvalue weighted by atomic mass is 10.0. The highest BCUT2D eigenvalue weighted by atomic mass is 35.5. The van der Waals surface area contributed by atoms with E-state index in [-0.39, 0.29) is 18.4 Å². The topological polar surface area (TPSA) is 35.5 Å². The van der Waals surface area contributed by atoms with Gasteiger partial charge in [0.05, 0.1) is 32.8 Å². The van der Waals surface area contributed by atoms with Crippen molar-refractivity contribution in [2.75, 3.05) is 46.0 Å². The fraction of sp³-hybridized carbons (Fsp3) is 0.964. The van der Waals surface area contributed by atoms with E-state index in [0.717, 1.165) is 56.0 Å². The predicted molar refractivity (Wildman–Crippen MR) is 138 cm³/mol. The van der Waals surface area contributed by atoms with Crippen molar-refractivity contribution >= 4 is 5.97 Å². The predicted octanol–water partition coefficient (Wildman–Crippen LogP) is 4.54. The Hall–Kier alpha value is -0.320. The molecular weight excluding hydrogens is 434 g/mol. The van der Waals surface area contributed by atoms with Gasteiger partial charge in [0.25, 0.3) is 0 Å². The van der Waals surface area contributed by atoms with Gasteiger partial charge in [-0.25, -0.2) is 0 Å². The molecule has 0 aliphatic heterocycles. The Kier molecular flexibility index (Phi) is 26.2. The monoisotopic (exact) mass is 491 g/mol. The number of unbranched alkanes of at least 4 members (excludes halogenated alkanes) is 11. The molecule has 0 aromatic heterocycles. The maximum Gasteiger partial charge on any atom is 0.305 e. The maximum atomic E-state index is 11.8. The van der Waals surface area contributed by atoms with Gasteiger partial charge in [0.2, 0.25) is 0 Å². The first-order valence-electron chi connectivity index (χ1n) is 14.1. The minimum absolute atomic E-state index is 0. The molecule has 5 heteroatoms. The second kappa shape index (κ2) is 24.8. The number of hydrogen-bond donors (Lipinski definition) is 0. The van der Waals surface area contributed by atoms with E-state index in [1.807, 2.05) is 0 Å². The first-order chi connectivity index (χ1) is 15.5. The number of hydrogen-bond acceptors (Lipinski definition) is 3. The molecule has 0 radical (unpaired) electrons. The maximum absolute atomic E-state index is 11.8. The molecule has 0 fully saturated rings. The Morgan fingerprint density at radius 3 is 1.58 bits per heavy atom. The number of rotatable bonds is 24. The van der Waals surface area contributed by atoms with E-state index in [9.17, 15) is 4.79 Å². The molecule has 0 heterocycles. The zero-order valence-electron chi connectivity index (χ0n) is 23.0. The van der Waals surface area contributed by atoms with Crippen LogP contribution < -0.4 is 12.4 Å². The molecule has 0 unspecified atom stereocenters. The van der Waals surface area contributed by atoms with Gasteiger partial charge in [-0.15, -0.1) is 0 Å². The van der Waals surface area contributed by atoms with E-state index >= 15 is 0 Å². The van der Waals surface area contributed by atoms with Crippen molar-refractivity contribution in [1.29, 1.82) is 0 Å². The van der Waals surface area contributed by atoms with Crippen LogP contribution in [0.25, 0.3) is 0 Å². The summed E-state index contributed by atoms with van der Waals surface area (Å²) in [5.41, 5.74) is 0. The molecular formula is C28H58ClNO3. The number of likely N-dealkylation sites (N-methyl/N-ethyl adjacent to an activating group) is 1. The minimum Gasteiger partial charge on any atom is -1.00 e. The highest BCUT2D eigenvalue weighted by molar-refractivity contribution is 5.69. The second-order valence-electron chi connectivity index (χ2n) is 10.0. The van der Waals surface area contributed by atoms with Gasteiger partial charge in [0, 0.05) is 6.42 Å². The van der Waals surface area contributed by atoms with Gasteiger partial charge in [0.15, 0.2) is 0 Å². The largest absolute Gasteiger partial charge is 1.00 e. The molecule has 0 saturated carbocycles. The van der Waals surface area contributed by atoms with Crippen LogP contribution in [0.1, 0.15) is 125 Å². The van der Waals surface area contributed by atoms with Crippen molar-refractivity contribution < 1.29 is 31.2 Å². The average molecular weight is 492 g/mol. The first-order valence-corrected chi connectivity index (χ1v) is 14.1. The van der Waals surface area contributed by atoms with Crippen LogP contribution in [0, 0.1) is 5.92 Å². The van der Waals surface area contributed by atoms with Crippen molar-refractivity contribution in [1.82, 2.24) is 0 Å². The molecule has 0 aromatic rings. The van der Waals surface area contributed by atoms with Gasteiger partial charge >= 0.3 is 5.97 Å². The van der Waals surface area contributed by atoms with Crippen molar-refractivity contribution in [3.63, 3.8) is 0 Å². The smallest absolute Gasteiger partial charge is 0.305 e. The third-order valence-electron chi connectivity index (χ3n) is 7.13. The molecule has 0 aromatic carbocycles. The first kappa shape index (κ1) is 34.8. The number of carbonyl (C=O) groups excluding carboxylic acids is 1. The van der Waals surface area contributed by atoms with E-state index in [1.165, 1.54) is 70.6 Å². The van der Waals surface area contributed by atoms with Crippen molar-refractivity contribution in [2.45, 2.75) is 125 Å². The second-order valence-corrected chi connectivity index (χ2v) is 10.0. The number of halogens is 1. The molecule has 0 aliphatic rings. The summed E-state index contributed by atoms with van der Waals surface area (Å²) in [7, 11) is 0. The molecule has 0 atom stereocenters. The molecule has 0 spiro atoms. The Balaban J connectivity index is 0. The molecule has 33 heavy (non-hydrogen) atoms. The summed E-state index contributed by atoms with van der Waals surface area (Å²) in [4.78, 5) is 11.8. The number of ether oxygens (including phenoxy) is 2. The SMILES string of the molecule is CC[N+](CC)(CC)CCOCCOC(=O)CCCCCCCCCCCCCCC(C)C.[Cl-]. The Labute approximate surface area is 213 Å². The Morgan fingerprint density at radius 1 is 0.667 bits per heavy atom. The number of esters is 1. The van der Waals surface area contributed by atoms with Crippen LogP contribution in [-0.4, -0.2) is 56.5 Å². The van der Waals surface area contributed by atoms with Crippen LogP contribution in [0.4, 0.5) is 0 Å². The van der Waals surface area contributed by atoms with Crippen molar-refractivity contribution in [3.8, 4) is 0 Å². The highest BCUT2D eigenvalue weighted by Crippen LogP contribution is 2.14. The molecule has 0 N–H and O–H groups in total. The van der Waals surface area contributed by atoms with E-state index in [4.69, 9.17) is 9.47 Å². The zero-order valence-corrected chi connectivity index (χ0v) is 23.7. The number of carbonyl (C=O) groups is 1. The van der Waals surface area contributed by atoms with Crippen LogP contribution in [-0.2, 0) is 14.3 Å². The summed E-state index contributed by atoms with van der Waals surface area (Å²) in [5.74, 6) is 0.796. The van der Waals surface area contributed by atoms with Crippen LogP contribution in [0.15, 0.2) is 0 Å². The molecule has 0 saturated heterocycles. The Bertz CT molecular complexity index is 406. The lowest BCUT2D eigenvalue weighted by Gasteiger charge is -2.35. The average Bonchev–Trinajstić information content (AvgIpc) is 2.79. The van der Waals surface area contributed by atoms with E-state index in [0.29, 0.717) is 19.6 Å². The van der Waals surface area contributed by atoms with Crippen molar-refractivity contribution in [2.24, 2.45) is 5.92 Å². The van der Waals surface area contributed by atoms with E-state index in [2.05, 4.69) is 34.6 Å². The fourth-order valence-electron chi connectivity index (χ4n) is 4.38. The van der Waals surface area contributed by atoms with Gasteiger partial charge in [-0.3, -0.25) is 4.79 Å². The third kappa shape index (κ3) is 21.9. The quantitative estimate of drug-likeness (QED) is 0.113. The molecule has 0 amide bonds. The lowest BCUT2D eigenvalue weighted by molar-refractivity contribution is -0.923. The molecule has 0 aliphatic carbocycles. The zero-order chi connectivity index (χ0) is 23.9. The molecule has 0 bridgehead atoms. The molecule has 0 rings (SSSR count). The van der Waals surface area contributed by atoms with Gasteiger partial charge in [-0.2, -0.15) is 0 Å². The Morgan fingerprint density at radius 2 is 1.12 bits per heavy atom. The van der Waals surface area contributed by atoms with E-state index in [1.54, 1.807) is 0 Å². The van der Waals surface area contributed by atoms with Crippen LogP contribution in [0.5, 0.6) is 0 Å². The standard InChI is InChI=1S/C28H58NO3.ClH/c1-6-29(7-2,8-3)23-24-31-25-26-32-28(30)22-20-18-16-14-12-10-9-11-13-15-17-19-21-27(4)5;/h27H,6-26H2,1-5H3;1H/q+1;/p-1. The summed E-state index contributed by atoms with van der Waals surface area (Å²) in [6, 6.07) is 0. The highest BCUT2D eigenvalue weighted by Gasteiger charge is 2.19. The summed E-state index contributed by atoms with van der Waals surface area (Å²) >= 11 is 0. The summed E-state index contributed by atoms with van der Waals surface area (Å²) < 4.78 is 12.1. The summed E-state index contributed by atoms with van der Waals surface area (Å²) in [6.07, 6.45) is 17.8. The normalized spacial score (nSPS) is 11.6. The minimum atomic E-state index is -0.0669. The van der Waals surface area contributed by atoms with Crippen molar-refractivity contribution in [3.05, 3.63) is 0 Å². The van der Waals surface area contributed by atoms with Gasteiger partial charge in [-0.05, 0) is 33.1 Å². The van der Waals surface area contributed by atoms with Gasteiger partial charge < -0.3 is 26.4 Å². The summed E-state index contributed by atoms with van der Waals surface area (Å²) in [6.45, 7) is 17.5. The number of quaternary nitrogens is 1. The van der Waals surface area contributed by atoms with Crippen LogP contribution in [0.2, 0.25) is 0 Å². The van der Waals surface area contributed by atoms with Crippen LogP contribution in [0.3, 0.4) is 0 Å². The lowest BCUT2D eigenvalue weighted by Crippen LogP contribution is -3.00. The fourth-order valence-corrected chi connectivity index (χ4v) is 4.38. The van der Waals surface area contributed by atoms with E-state index < -0.39 is 0 Å². The summed E-state index contributed by atoms with van der Waals surface area (Å²) in [5, 5.41) is 0. The molecule has 200 valence electrons.